The van der Waals surface area contributed by atoms with Crippen molar-refractivity contribution in [1.82, 2.24) is 10.2 Å². The molecule has 1 heterocycles. The Morgan fingerprint density at radius 3 is 2.71 bits per heavy atom. The summed E-state index contributed by atoms with van der Waals surface area (Å²) in [5.74, 6) is 0.837. The van der Waals surface area contributed by atoms with Crippen LogP contribution in [0.25, 0.3) is 0 Å². The summed E-state index contributed by atoms with van der Waals surface area (Å²) in [6.07, 6.45) is 4.00. The van der Waals surface area contributed by atoms with E-state index in [9.17, 15) is 0 Å². The Bertz CT molecular complexity index is 431. The van der Waals surface area contributed by atoms with Gasteiger partial charge in [-0.2, -0.15) is 0 Å². The number of ether oxygens (including phenoxy) is 1. The van der Waals surface area contributed by atoms with Crippen molar-refractivity contribution < 1.29 is 4.74 Å². The van der Waals surface area contributed by atoms with Crippen LogP contribution in [-0.2, 0) is 6.54 Å². The number of halogens is 1. The van der Waals surface area contributed by atoms with Crippen molar-refractivity contribution in [3.63, 3.8) is 0 Å². The zero-order valence-electron chi connectivity index (χ0n) is 13.2. The van der Waals surface area contributed by atoms with Crippen molar-refractivity contribution in [3.8, 4) is 5.75 Å². The maximum absolute atomic E-state index is 6.30. The van der Waals surface area contributed by atoms with Crippen LogP contribution in [0.3, 0.4) is 0 Å². The Hall–Kier alpha value is -0.770. The van der Waals surface area contributed by atoms with Crippen LogP contribution in [0.2, 0.25) is 5.02 Å². The van der Waals surface area contributed by atoms with Crippen LogP contribution in [0.4, 0.5) is 0 Å². The second-order valence-electron chi connectivity index (χ2n) is 6.01. The van der Waals surface area contributed by atoms with E-state index in [4.69, 9.17) is 16.3 Å². The lowest BCUT2D eigenvalue weighted by molar-refractivity contribution is 0.182. The number of para-hydroxylation sites is 1. The van der Waals surface area contributed by atoms with Gasteiger partial charge in [0.2, 0.25) is 0 Å². The molecule has 0 saturated carbocycles. The first-order chi connectivity index (χ1) is 10.2. The highest BCUT2D eigenvalue weighted by Crippen LogP contribution is 2.28. The van der Waals surface area contributed by atoms with E-state index >= 15 is 0 Å². The van der Waals surface area contributed by atoms with Gasteiger partial charge in [0.15, 0.2) is 0 Å². The van der Waals surface area contributed by atoms with Crippen molar-refractivity contribution in [2.45, 2.75) is 45.7 Å². The normalized spacial score (nSPS) is 16.4. The van der Waals surface area contributed by atoms with Crippen LogP contribution in [0.15, 0.2) is 18.2 Å². The summed E-state index contributed by atoms with van der Waals surface area (Å²) in [5.41, 5.74) is 1.13. The summed E-state index contributed by atoms with van der Waals surface area (Å²) in [6, 6.07) is 6.41. The minimum Gasteiger partial charge on any atom is -0.490 e. The first-order valence-electron chi connectivity index (χ1n) is 8.02. The number of nitrogens with one attached hydrogen (secondary N) is 1. The monoisotopic (exact) mass is 310 g/mol. The smallest absolute Gasteiger partial charge is 0.142 e. The number of hydrogen-bond acceptors (Lipinski definition) is 3. The summed E-state index contributed by atoms with van der Waals surface area (Å²) in [4.78, 5) is 2.48. The van der Waals surface area contributed by atoms with Crippen molar-refractivity contribution in [2.24, 2.45) is 0 Å². The molecular formula is C17H27ClN2O. The van der Waals surface area contributed by atoms with Crippen molar-refractivity contribution in [1.29, 1.82) is 0 Å². The molecule has 1 N–H and O–H groups in total. The third-order valence-electron chi connectivity index (χ3n) is 3.85. The van der Waals surface area contributed by atoms with Gasteiger partial charge in [-0.1, -0.05) is 44.0 Å². The van der Waals surface area contributed by atoms with Crippen LogP contribution in [0, 0.1) is 0 Å². The van der Waals surface area contributed by atoms with E-state index in [1.807, 2.05) is 12.1 Å². The average molecular weight is 311 g/mol. The number of likely N-dealkylation sites (tertiary alicyclic amines) is 1. The first-order valence-corrected chi connectivity index (χ1v) is 8.40. The summed E-state index contributed by atoms with van der Waals surface area (Å²) in [5, 5.41) is 4.13. The Morgan fingerprint density at radius 1 is 1.24 bits per heavy atom. The Labute approximate surface area is 133 Å². The maximum Gasteiger partial charge on any atom is 0.142 e. The fraction of sp³-hybridized carbons (Fsp3) is 0.647. The van der Waals surface area contributed by atoms with Crippen molar-refractivity contribution in [3.05, 3.63) is 28.8 Å². The molecule has 1 aromatic rings. The second kappa shape index (κ2) is 8.62. The SMILES string of the molecule is CC(C)NCc1cccc(Cl)c1OCCN1CCCCC1. The minimum atomic E-state index is 0.449. The molecule has 0 radical (unpaired) electrons. The molecule has 2 rings (SSSR count). The molecule has 0 aliphatic carbocycles. The lowest BCUT2D eigenvalue weighted by atomic mass is 10.1. The molecule has 21 heavy (non-hydrogen) atoms. The van der Waals surface area contributed by atoms with Gasteiger partial charge in [0.1, 0.15) is 12.4 Å². The summed E-state index contributed by atoms with van der Waals surface area (Å²) >= 11 is 6.30. The molecule has 4 heteroatoms. The lowest BCUT2D eigenvalue weighted by Crippen LogP contribution is -2.33. The van der Waals surface area contributed by atoms with Crippen molar-refractivity contribution >= 4 is 11.6 Å². The predicted molar refractivity (Wildman–Crippen MR) is 89.2 cm³/mol. The Morgan fingerprint density at radius 2 is 2.00 bits per heavy atom. The van der Waals surface area contributed by atoms with Gasteiger partial charge >= 0.3 is 0 Å². The highest BCUT2D eigenvalue weighted by molar-refractivity contribution is 6.32. The molecule has 1 aliphatic heterocycles. The Kier molecular flexibility index (Phi) is 6.81. The highest BCUT2D eigenvalue weighted by Gasteiger charge is 2.12. The van der Waals surface area contributed by atoms with Gasteiger partial charge in [-0.15, -0.1) is 0 Å². The van der Waals surface area contributed by atoms with E-state index < -0.39 is 0 Å². The van der Waals surface area contributed by atoms with Gasteiger partial charge in [0, 0.05) is 24.7 Å². The quantitative estimate of drug-likeness (QED) is 0.831. The third kappa shape index (κ3) is 5.50. The van der Waals surface area contributed by atoms with Crippen LogP contribution in [0.1, 0.15) is 38.7 Å². The van der Waals surface area contributed by atoms with Gasteiger partial charge in [-0.3, -0.25) is 4.90 Å². The molecular weight excluding hydrogens is 284 g/mol. The standard InChI is InChI=1S/C17H27ClN2O/c1-14(2)19-13-15-7-6-8-16(18)17(15)21-12-11-20-9-4-3-5-10-20/h6-8,14,19H,3-5,9-13H2,1-2H3. The van der Waals surface area contributed by atoms with Gasteiger partial charge in [0.05, 0.1) is 5.02 Å². The molecule has 0 aromatic heterocycles. The van der Waals surface area contributed by atoms with E-state index in [0.717, 1.165) is 24.4 Å². The maximum atomic E-state index is 6.30. The molecule has 3 nitrogen and oxygen atoms in total. The third-order valence-corrected chi connectivity index (χ3v) is 4.15. The highest BCUT2D eigenvalue weighted by atomic mass is 35.5. The lowest BCUT2D eigenvalue weighted by Gasteiger charge is -2.26. The van der Waals surface area contributed by atoms with Crippen molar-refractivity contribution in [2.75, 3.05) is 26.2 Å². The molecule has 118 valence electrons. The Balaban J connectivity index is 1.88. The van der Waals surface area contributed by atoms with Crippen LogP contribution >= 0.6 is 11.6 Å². The summed E-state index contributed by atoms with van der Waals surface area (Å²) in [7, 11) is 0. The zero-order chi connectivity index (χ0) is 15.1. The fourth-order valence-electron chi connectivity index (χ4n) is 2.63. The van der Waals surface area contributed by atoms with E-state index in [2.05, 4.69) is 30.1 Å². The van der Waals surface area contributed by atoms with Crippen LogP contribution in [0.5, 0.6) is 5.75 Å². The van der Waals surface area contributed by atoms with Gasteiger partial charge in [-0.25, -0.2) is 0 Å². The zero-order valence-corrected chi connectivity index (χ0v) is 14.0. The fourth-order valence-corrected chi connectivity index (χ4v) is 2.88. The number of benzene rings is 1. The minimum absolute atomic E-state index is 0.449. The molecule has 1 saturated heterocycles. The average Bonchev–Trinajstić information content (AvgIpc) is 2.48. The molecule has 1 aromatic carbocycles. The number of rotatable bonds is 7. The van der Waals surface area contributed by atoms with E-state index in [1.165, 1.54) is 32.4 Å². The molecule has 1 aliphatic rings. The topological polar surface area (TPSA) is 24.5 Å². The molecule has 0 amide bonds. The van der Waals surface area contributed by atoms with Crippen LogP contribution < -0.4 is 10.1 Å². The molecule has 0 unspecified atom stereocenters. The van der Waals surface area contributed by atoms with Gasteiger partial charge < -0.3 is 10.1 Å². The number of nitrogens with zero attached hydrogens (tertiary/aromatic N) is 1. The molecule has 0 spiro atoms. The van der Waals surface area contributed by atoms with E-state index in [0.29, 0.717) is 17.7 Å². The first kappa shape index (κ1) is 16.6. The van der Waals surface area contributed by atoms with Gasteiger partial charge in [-0.05, 0) is 32.0 Å². The second-order valence-corrected chi connectivity index (χ2v) is 6.42. The number of hydrogen-bond donors (Lipinski definition) is 1. The van der Waals surface area contributed by atoms with E-state index in [1.54, 1.807) is 0 Å². The predicted octanol–water partition coefficient (Wildman–Crippen LogP) is 3.70. The summed E-state index contributed by atoms with van der Waals surface area (Å²) < 4.78 is 5.99. The summed E-state index contributed by atoms with van der Waals surface area (Å²) in [6.45, 7) is 9.17. The molecule has 1 fully saturated rings. The van der Waals surface area contributed by atoms with E-state index in [-0.39, 0.29) is 0 Å². The largest absolute Gasteiger partial charge is 0.490 e. The number of piperidine rings is 1. The molecule has 0 bridgehead atoms. The molecule has 0 atom stereocenters. The van der Waals surface area contributed by atoms with Gasteiger partial charge in [0.25, 0.3) is 0 Å². The van der Waals surface area contributed by atoms with Crippen LogP contribution in [-0.4, -0.2) is 37.2 Å².